The van der Waals surface area contributed by atoms with E-state index in [9.17, 15) is 4.79 Å². The third kappa shape index (κ3) is 3.57. The van der Waals surface area contributed by atoms with Gasteiger partial charge in [-0.2, -0.15) is 0 Å². The first-order valence-electron chi connectivity index (χ1n) is 7.69. The van der Waals surface area contributed by atoms with Gasteiger partial charge in [-0.1, -0.05) is 0 Å². The van der Waals surface area contributed by atoms with Crippen molar-refractivity contribution in [1.82, 2.24) is 4.98 Å². The van der Waals surface area contributed by atoms with E-state index in [0.29, 0.717) is 18.9 Å². The van der Waals surface area contributed by atoms with Crippen LogP contribution >= 0.6 is 11.3 Å². The Balaban J connectivity index is 1.77. The van der Waals surface area contributed by atoms with Gasteiger partial charge in [-0.25, -0.2) is 4.98 Å². The maximum atomic E-state index is 11.3. The highest BCUT2D eigenvalue weighted by Gasteiger charge is 2.09. The third-order valence-corrected chi connectivity index (χ3v) is 4.73. The Kier molecular flexibility index (Phi) is 4.81. The van der Waals surface area contributed by atoms with Crippen LogP contribution in [0.3, 0.4) is 0 Å². The number of fused-ring (bicyclic) bond motifs is 1. The van der Waals surface area contributed by atoms with Gasteiger partial charge < -0.3 is 9.47 Å². The van der Waals surface area contributed by atoms with Crippen molar-refractivity contribution in [2.24, 2.45) is 0 Å². The predicted octanol–water partition coefficient (Wildman–Crippen LogP) is 4.32. The van der Waals surface area contributed by atoms with Gasteiger partial charge in [-0.3, -0.25) is 4.79 Å². The van der Waals surface area contributed by atoms with E-state index in [1.165, 1.54) is 0 Å². The van der Waals surface area contributed by atoms with Crippen LogP contribution in [-0.4, -0.2) is 17.9 Å². The van der Waals surface area contributed by atoms with Crippen LogP contribution < -0.4 is 9.47 Å². The van der Waals surface area contributed by atoms with Crippen LogP contribution in [0.1, 0.15) is 23.7 Å². The molecule has 0 saturated carbocycles. The van der Waals surface area contributed by atoms with Crippen molar-refractivity contribution in [1.29, 1.82) is 0 Å². The molecule has 0 amide bonds. The molecule has 5 heteroatoms. The number of hydrogen-bond acceptors (Lipinski definition) is 5. The fourth-order valence-corrected chi connectivity index (χ4v) is 3.56. The molecule has 3 aromatic rings. The fraction of sp³-hybridized carbons (Fsp3) is 0.263. The predicted molar refractivity (Wildman–Crippen MR) is 96.1 cm³/mol. The number of carbonyl (C=O) groups excluding carboxylic acids is 1. The molecule has 1 aromatic carbocycles. The highest BCUT2D eigenvalue weighted by Crippen LogP contribution is 2.30. The molecule has 0 atom stereocenters. The van der Waals surface area contributed by atoms with Crippen LogP contribution in [0.5, 0.6) is 11.6 Å². The highest BCUT2D eigenvalue weighted by atomic mass is 32.1. The van der Waals surface area contributed by atoms with Gasteiger partial charge in [0, 0.05) is 16.8 Å². The molecule has 0 saturated heterocycles. The molecule has 0 unspecified atom stereocenters. The minimum atomic E-state index is 0.175. The molecule has 4 nitrogen and oxygen atoms in total. The molecular weight excluding hydrogens is 322 g/mol. The average Bonchev–Trinajstić information content (AvgIpc) is 2.95. The zero-order chi connectivity index (χ0) is 17.1. The Morgan fingerprint density at radius 3 is 2.79 bits per heavy atom. The largest absolute Gasteiger partial charge is 0.489 e. The summed E-state index contributed by atoms with van der Waals surface area (Å²) >= 11 is 1.63. The van der Waals surface area contributed by atoms with Crippen molar-refractivity contribution >= 4 is 27.2 Å². The second kappa shape index (κ2) is 7.01. The molecule has 24 heavy (non-hydrogen) atoms. The van der Waals surface area contributed by atoms with Crippen molar-refractivity contribution in [3.05, 3.63) is 52.5 Å². The average molecular weight is 341 g/mol. The minimum Gasteiger partial charge on any atom is -0.489 e. The normalized spacial score (nSPS) is 10.8. The van der Waals surface area contributed by atoms with Crippen LogP contribution in [0.2, 0.25) is 0 Å². The Hall–Kier alpha value is -2.40. The van der Waals surface area contributed by atoms with E-state index >= 15 is 0 Å². The van der Waals surface area contributed by atoms with Crippen LogP contribution in [0.25, 0.3) is 10.1 Å². The molecule has 0 N–H and O–H groups in total. The highest BCUT2D eigenvalue weighted by molar-refractivity contribution is 7.17. The second-order valence-corrected chi connectivity index (χ2v) is 6.62. The summed E-state index contributed by atoms with van der Waals surface area (Å²) in [4.78, 5) is 15.7. The van der Waals surface area contributed by atoms with Gasteiger partial charge in [0.1, 0.15) is 18.1 Å². The van der Waals surface area contributed by atoms with E-state index in [-0.39, 0.29) is 5.78 Å². The van der Waals surface area contributed by atoms with Crippen LogP contribution in [0, 0.1) is 6.92 Å². The monoisotopic (exact) mass is 341 g/mol. The zero-order valence-corrected chi connectivity index (χ0v) is 14.8. The lowest BCUT2D eigenvalue weighted by atomic mass is 10.1. The van der Waals surface area contributed by atoms with E-state index in [4.69, 9.17) is 9.47 Å². The Labute approximate surface area is 145 Å². The zero-order valence-electron chi connectivity index (χ0n) is 14.0. The summed E-state index contributed by atoms with van der Waals surface area (Å²) in [5.41, 5.74) is 2.90. The number of rotatable bonds is 6. The molecule has 0 radical (unpaired) electrons. The van der Waals surface area contributed by atoms with Crippen molar-refractivity contribution in [2.45, 2.75) is 26.9 Å². The van der Waals surface area contributed by atoms with Crippen molar-refractivity contribution in [3.63, 3.8) is 0 Å². The number of aryl methyl sites for hydroxylation is 1. The molecule has 0 aliphatic carbocycles. The van der Waals surface area contributed by atoms with E-state index < -0.39 is 0 Å². The van der Waals surface area contributed by atoms with E-state index in [1.54, 1.807) is 25.4 Å². The first kappa shape index (κ1) is 16.5. The maximum absolute atomic E-state index is 11.3. The molecule has 2 aromatic heterocycles. The number of pyridine rings is 1. The number of aromatic nitrogens is 1. The molecule has 3 rings (SSSR count). The quantitative estimate of drug-likeness (QED) is 0.670. The van der Waals surface area contributed by atoms with Gasteiger partial charge >= 0.3 is 0 Å². The first-order chi connectivity index (χ1) is 11.6. The Morgan fingerprint density at radius 2 is 2.04 bits per heavy atom. The Bertz CT molecular complexity index is 885. The first-order valence-corrected chi connectivity index (χ1v) is 8.57. The second-order valence-electron chi connectivity index (χ2n) is 5.71. The summed E-state index contributed by atoms with van der Waals surface area (Å²) in [6.45, 7) is 3.94. The van der Waals surface area contributed by atoms with Gasteiger partial charge in [-0.15, -0.1) is 11.3 Å². The van der Waals surface area contributed by atoms with Gasteiger partial charge in [-0.05, 0) is 60.5 Å². The summed E-state index contributed by atoms with van der Waals surface area (Å²) in [7, 11) is 1.61. The SMILES string of the molecule is COc1nc(C)ccc1COc1ccc2c(CC(C)=O)csc2c1. The molecule has 2 heterocycles. The molecule has 0 spiro atoms. The van der Waals surface area contributed by atoms with Crippen LogP contribution in [-0.2, 0) is 17.8 Å². The van der Waals surface area contributed by atoms with Gasteiger partial charge in [0.25, 0.3) is 0 Å². The number of thiophene rings is 1. The maximum Gasteiger partial charge on any atom is 0.219 e. The lowest BCUT2D eigenvalue weighted by Gasteiger charge is -2.10. The van der Waals surface area contributed by atoms with Gasteiger partial charge in [0.2, 0.25) is 5.88 Å². The molecule has 0 fully saturated rings. The number of ether oxygens (including phenoxy) is 2. The van der Waals surface area contributed by atoms with E-state index in [1.807, 2.05) is 42.6 Å². The molecular formula is C19H19NO3S. The number of benzene rings is 1. The molecule has 124 valence electrons. The number of ketones is 1. The van der Waals surface area contributed by atoms with Crippen molar-refractivity contribution < 1.29 is 14.3 Å². The summed E-state index contributed by atoms with van der Waals surface area (Å²) in [6, 6.07) is 9.88. The molecule has 0 aliphatic rings. The minimum absolute atomic E-state index is 0.175. The molecule has 0 bridgehead atoms. The van der Waals surface area contributed by atoms with Crippen molar-refractivity contribution in [2.75, 3.05) is 7.11 Å². The van der Waals surface area contributed by atoms with Crippen LogP contribution in [0.4, 0.5) is 0 Å². The smallest absolute Gasteiger partial charge is 0.219 e. The number of Topliss-reactive ketones (excluding diaryl/α,β-unsaturated/α-hetero) is 1. The number of nitrogens with zero attached hydrogens (tertiary/aromatic N) is 1. The summed E-state index contributed by atoms with van der Waals surface area (Å²) < 4.78 is 12.3. The summed E-state index contributed by atoms with van der Waals surface area (Å²) in [6.07, 6.45) is 0.479. The topological polar surface area (TPSA) is 48.4 Å². The van der Waals surface area contributed by atoms with Crippen LogP contribution in [0.15, 0.2) is 35.7 Å². The summed E-state index contributed by atoms with van der Waals surface area (Å²) in [5.74, 6) is 1.56. The third-order valence-electron chi connectivity index (χ3n) is 3.73. The fourth-order valence-electron chi connectivity index (χ4n) is 2.57. The van der Waals surface area contributed by atoms with Gasteiger partial charge in [0.05, 0.1) is 12.7 Å². The lowest BCUT2D eigenvalue weighted by Crippen LogP contribution is -2.01. The number of hydrogen-bond donors (Lipinski definition) is 0. The standard InChI is InChI=1S/C19H19NO3S/c1-12-4-5-14(19(20-12)22-3)10-23-16-6-7-17-15(8-13(2)21)11-24-18(17)9-16/h4-7,9,11H,8,10H2,1-3H3. The summed E-state index contributed by atoms with van der Waals surface area (Å²) in [5, 5.41) is 3.17. The van der Waals surface area contributed by atoms with Crippen molar-refractivity contribution in [3.8, 4) is 11.6 Å². The van der Waals surface area contributed by atoms with E-state index in [2.05, 4.69) is 4.98 Å². The van der Waals surface area contributed by atoms with Gasteiger partial charge in [0.15, 0.2) is 0 Å². The lowest BCUT2D eigenvalue weighted by molar-refractivity contribution is -0.116. The van der Waals surface area contributed by atoms with E-state index in [0.717, 1.165) is 32.7 Å². The number of carbonyl (C=O) groups is 1. The Morgan fingerprint density at radius 1 is 1.21 bits per heavy atom. The number of methoxy groups -OCH3 is 1. The molecule has 0 aliphatic heterocycles.